The number of ketones is 1. The van der Waals surface area contributed by atoms with Crippen molar-refractivity contribution in [3.05, 3.63) is 70.5 Å². The molecule has 2 fully saturated rings. The number of fused-ring (bicyclic) bond motifs is 1. The lowest BCUT2D eigenvalue weighted by molar-refractivity contribution is -0.138. The van der Waals surface area contributed by atoms with Gasteiger partial charge >= 0.3 is 6.18 Å². The van der Waals surface area contributed by atoms with E-state index in [1.807, 2.05) is 57.2 Å². The van der Waals surface area contributed by atoms with E-state index < -0.39 is 17.2 Å². The fourth-order valence-corrected chi connectivity index (χ4v) is 7.41. The van der Waals surface area contributed by atoms with Crippen LogP contribution < -0.4 is 15.0 Å². The number of ether oxygens (including phenoxy) is 1. The van der Waals surface area contributed by atoms with Gasteiger partial charge < -0.3 is 19.9 Å². The van der Waals surface area contributed by atoms with E-state index in [1.54, 1.807) is 0 Å². The molecule has 2 aliphatic heterocycles. The highest BCUT2D eigenvalue weighted by molar-refractivity contribution is 5.96. The van der Waals surface area contributed by atoms with Crippen LogP contribution >= 0.6 is 0 Å². The molecule has 0 spiro atoms. The molecule has 3 heterocycles. The van der Waals surface area contributed by atoms with Gasteiger partial charge in [0.1, 0.15) is 11.5 Å². The minimum absolute atomic E-state index is 0.0492. The average Bonchev–Trinajstić information content (AvgIpc) is 3.28. The molecule has 6 rings (SSSR count). The highest BCUT2D eigenvalue weighted by atomic mass is 19.4. The molecule has 252 valence electrons. The fraction of sp³-hybridized carbons (Fsp3) is 0.528. The summed E-state index contributed by atoms with van der Waals surface area (Å²) in [5.74, 6) is 0.789. The molecule has 0 saturated carbocycles. The Bertz CT molecular complexity index is 1590. The Kier molecular flexibility index (Phi) is 9.49. The fourth-order valence-electron chi connectivity index (χ4n) is 7.41. The lowest BCUT2D eigenvalue weighted by atomic mass is 9.81. The number of benzene rings is 2. The Morgan fingerprint density at radius 2 is 1.77 bits per heavy atom. The summed E-state index contributed by atoms with van der Waals surface area (Å²) < 4.78 is 48.2. The largest absolute Gasteiger partial charge is 0.492 e. The highest BCUT2D eigenvalue weighted by Crippen LogP contribution is 2.39. The Balaban J connectivity index is 1.18. The van der Waals surface area contributed by atoms with Gasteiger partial charge in [0.05, 0.1) is 23.6 Å². The van der Waals surface area contributed by atoms with E-state index in [4.69, 9.17) is 4.74 Å². The first-order valence-electron chi connectivity index (χ1n) is 16.7. The smallest absolute Gasteiger partial charge is 0.419 e. The number of nitrogens with zero attached hydrogens (tertiary/aromatic N) is 5. The lowest BCUT2D eigenvalue weighted by Crippen LogP contribution is -2.53. The van der Waals surface area contributed by atoms with Crippen molar-refractivity contribution < 1.29 is 22.7 Å². The molecule has 8 nitrogen and oxygen atoms in total. The summed E-state index contributed by atoms with van der Waals surface area (Å²) in [5.41, 5.74) is 2.78. The molecule has 47 heavy (non-hydrogen) atoms. The van der Waals surface area contributed by atoms with Crippen molar-refractivity contribution in [1.82, 2.24) is 19.8 Å². The number of halogens is 3. The van der Waals surface area contributed by atoms with Gasteiger partial charge in [-0.25, -0.2) is 9.97 Å². The normalized spacial score (nSPS) is 19.2. The summed E-state index contributed by atoms with van der Waals surface area (Å²) in [4.78, 5) is 28.5. The number of alkyl halides is 3. The minimum atomic E-state index is -4.60. The van der Waals surface area contributed by atoms with Crippen molar-refractivity contribution in [2.24, 2.45) is 0 Å². The SMILES string of the molecule is CCOc1cc(N2CCN(C3CCN(C)CC3)CC2)ccc1Nc1ncc(C(F)(F)F)c(CCc2cccc3c2C(C)(C)C(=O)C3)n1. The van der Waals surface area contributed by atoms with Gasteiger partial charge in [0, 0.05) is 62.0 Å². The highest BCUT2D eigenvalue weighted by Gasteiger charge is 2.40. The number of aryl methyl sites for hydroxylation is 2. The van der Waals surface area contributed by atoms with E-state index in [-0.39, 0.29) is 23.8 Å². The second-order valence-corrected chi connectivity index (χ2v) is 13.5. The Morgan fingerprint density at radius 3 is 2.47 bits per heavy atom. The van der Waals surface area contributed by atoms with Crippen molar-refractivity contribution in [2.45, 2.75) is 70.5 Å². The standard InChI is InChI=1S/C36H45F3N6O2/c1-5-47-31-22-27(45-19-17-44(18-20-45)26-13-15-43(4)16-14-26)10-12-30(31)42-34-40-23-28(36(37,38)39)29(41-34)11-9-24-7-6-8-25-21-32(46)35(2,3)33(24)25/h6-8,10,12,22-23,26H,5,9,11,13-21H2,1-4H3,(H,40,41,42). The van der Waals surface area contributed by atoms with E-state index in [1.165, 1.54) is 12.8 Å². The van der Waals surface area contributed by atoms with Crippen LogP contribution in [0, 0.1) is 0 Å². The molecule has 2 aromatic carbocycles. The zero-order chi connectivity index (χ0) is 33.3. The van der Waals surface area contributed by atoms with Crippen molar-refractivity contribution in [2.75, 3.05) is 63.1 Å². The van der Waals surface area contributed by atoms with Gasteiger partial charge in [-0.05, 0) is 95.4 Å². The molecule has 0 radical (unpaired) electrons. The van der Waals surface area contributed by atoms with E-state index in [9.17, 15) is 18.0 Å². The van der Waals surface area contributed by atoms with Gasteiger partial charge in [-0.2, -0.15) is 13.2 Å². The Hall–Kier alpha value is -3.70. The maximum absolute atomic E-state index is 14.1. The molecule has 0 atom stereocenters. The summed E-state index contributed by atoms with van der Waals surface area (Å²) in [6, 6.07) is 12.2. The van der Waals surface area contributed by atoms with Crippen LogP contribution in [0.5, 0.6) is 5.75 Å². The van der Waals surface area contributed by atoms with Crippen LogP contribution in [0.3, 0.4) is 0 Å². The van der Waals surface area contributed by atoms with Gasteiger partial charge in [0.25, 0.3) is 0 Å². The number of piperidine rings is 1. The zero-order valence-corrected chi connectivity index (χ0v) is 27.8. The van der Waals surface area contributed by atoms with Crippen LogP contribution in [0.1, 0.15) is 61.6 Å². The molecule has 3 aromatic rings. The number of anilines is 3. The summed E-state index contributed by atoms with van der Waals surface area (Å²) in [6.45, 7) is 12.3. The summed E-state index contributed by atoms with van der Waals surface area (Å²) in [7, 11) is 2.19. The number of nitrogens with one attached hydrogen (secondary N) is 1. The molecule has 3 aliphatic rings. The maximum Gasteiger partial charge on any atom is 0.419 e. The van der Waals surface area contributed by atoms with Gasteiger partial charge in [-0.1, -0.05) is 18.2 Å². The average molecular weight is 651 g/mol. The molecule has 1 N–H and O–H groups in total. The lowest BCUT2D eigenvalue weighted by Gasteiger charge is -2.43. The number of hydrogen-bond donors (Lipinski definition) is 1. The number of piperazine rings is 1. The topological polar surface area (TPSA) is 73.8 Å². The minimum Gasteiger partial charge on any atom is -0.492 e. The second kappa shape index (κ2) is 13.4. The second-order valence-electron chi connectivity index (χ2n) is 13.5. The molecule has 0 unspecified atom stereocenters. The molecular formula is C36H45F3N6O2. The third-order valence-corrected chi connectivity index (χ3v) is 10.1. The third-order valence-electron chi connectivity index (χ3n) is 10.1. The first-order valence-corrected chi connectivity index (χ1v) is 16.7. The van der Waals surface area contributed by atoms with Gasteiger partial charge in [-0.15, -0.1) is 0 Å². The number of Topliss-reactive ketones (excluding diaryl/α,β-unsaturated/α-hetero) is 1. The van der Waals surface area contributed by atoms with Gasteiger partial charge in [0.2, 0.25) is 5.95 Å². The van der Waals surface area contributed by atoms with Crippen molar-refractivity contribution >= 4 is 23.1 Å². The number of carbonyl (C=O) groups excluding carboxylic acids is 1. The predicted molar refractivity (Wildman–Crippen MR) is 178 cm³/mol. The summed E-state index contributed by atoms with van der Waals surface area (Å²) in [6.07, 6.45) is -0.597. The molecule has 2 saturated heterocycles. The zero-order valence-electron chi connectivity index (χ0n) is 27.8. The van der Waals surface area contributed by atoms with Crippen molar-refractivity contribution in [3.8, 4) is 5.75 Å². The number of aromatic nitrogens is 2. The number of rotatable bonds is 9. The van der Waals surface area contributed by atoms with Gasteiger partial charge in [-0.3, -0.25) is 9.69 Å². The molecule has 1 aliphatic carbocycles. The van der Waals surface area contributed by atoms with Crippen molar-refractivity contribution in [1.29, 1.82) is 0 Å². The Morgan fingerprint density at radius 1 is 1.02 bits per heavy atom. The van der Waals surface area contributed by atoms with E-state index in [0.717, 1.165) is 67.8 Å². The first kappa shape index (κ1) is 33.2. The number of likely N-dealkylation sites (tertiary alicyclic amines) is 1. The van der Waals surface area contributed by atoms with Crippen LogP contribution in [0.2, 0.25) is 0 Å². The van der Waals surface area contributed by atoms with Crippen LogP contribution in [-0.4, -0.2) is 84.5 Å². The van der Waals surface area contributed by atoms with Crippen molar-refractivity contribution in [3.63, 3.8) is 0 Å². The molecular weight excluding hydrogens is 605 g/mol. The summed E-state index contributed by atoms with van der Waals surface area (Å²) >= 11 is 0. The number of carbonyl (C=O) groups is 1. The van der Waals surface area contributed by atoms with Crippen LogP contribution in [0.4, 0.5) is 30.5 Å². The quantitative estimate of drug-likeness (QED) is 0.301. The van der Waals surface area contributed by atoms with Crippen LogP contribution in [-0.2, 0) is 35.6 Å². The molecule has 0 amide bonds. The molecule has 11 heteroatoms. The first-order chi connectivity index (χ1) is 22.4. The van der Waals surface area contributed by atoms with Gasteiger partial charge in [0.15, 0.2) is 0 Å². The van der Waals surface area contributed by atoms with E-state index >= 15 is 0 Å². The van der Waals surface area contributed by atoms with Crippen LogP contribution in [0.25, 0.3) is 0 Å². The predicted octanol–water partition coefficient (Wildman–Crippen LogP) is 6.04. The number of hydrogen-bond acceptors (Lipinski definition) is 8. The van der Waals surface area contributed by atoms with Crippen LogP contribution in [0.15, 0.2) is 42.6 Å². The Labute approximate surface area is 275 Å². The third kappa shape index (κ3) is 7.11. The monoisotopic (exact) mass is 650 g/mol. The maximum atomic E-state index is 14.1. The summed E-state index contributed by atoms with van der Waals surface area (Å²) in [5, 5.41) is 3.13. The molecule has 0 bridgehead atoms. The van der Waals surface area contributed by atoms with E-state index in [0.29, 0.717) is 36.9 Å². The van der Waals surface area contributed by atoms with E-state index in [2.05, 4.69) is 37.0 Å². The molecule has 1 aromatic heterocycles.